The third kappa shape index (κ3) is 8.96. The zero-order valence-electron chi connectivity index (χ0n) is 10.8. The molecule has 0 aromatic heterocycles. The lowest BCUT2D eigenvalue weighted by atomic mass is 9.99. The van der Waals surface area contributed by atoms with Gasteiger partial charge in [0.1, 0.15) is 0 Å². The average Bonchev–Trinajstić information content (AvgIpc) is 2.20. The minimum absolute atomic E-state index is 0.0453. The predicted molar refractivity (Wildman–Crippen MR) is 71.4 cm³/mol. The fourth-order valence-corrected chi connectivity index (χ4v) is 2.60. The van der Waals surface area contributed by atoms with Crippen molar-refractivity contribution in [3.05, 3.63) is 0 Å². The molecule has 1 atom stereocenters. The molecule has 0 aromatic carbocycles. The van der Waals surface area contributed by atoms with Crippen LogP contribution in [0, 0.1) is 5.92 Å². The topological polar surface area (TPSA) is 0 Å². The van der Waals surface area contributed by atoms with E-state index < -0.39 is 24.7 Å². The molecule has 0 spiro atoms. The van der Waals surface area contributed by atoms with Crippen LogP contribution in [0.5, 0.6) is 0 Å². The summed E-state index contributed by atoms with van der Waals surface area (Å²) in [4.78, 5) is 0. The number of hydrogen-bond acceptors (Lipinski definition) is 0. The van der Waals surface area contributed by atoms with E-state index in [9.17, 15) is 26.3 Å². The highest BCUT2D eigenvalue weighted by Gasteiger charge is 2.55. The second kappa shape index (κ2) is 8.56. The van der Waals surface area contributed by atoms with E-state index in [0.717, 1.165) is 25.7 Å². The van der Waals surface area contributed by atoms with Crippen molar-refractivity contribution in [1.82, 2.24) is 0 Å². The van der Waals surface area contributed by atoms with Gasteiger partial charge in [0.2, 0.25) is 0 Å². The highest BCUT2D eigenvalue weighted by atomic mass is 127. The predicted octanol–water partition coefficient (Wildman–Crippen LogP) is 6.28. The van der Waals surface area contributed by atoms with Crippen LogP contribution in [0.1, 0.15) is 51.9 Å². The third-order valence-corrected chi connectivity index (χ3v) is 4.18. The van der Waals surface area contributed by atoms with Crippen LogP contribution in [0.3, 0.4) is 0 Å². The van der Waals surface area contributed by atoms with E-state index in [4.69, 9.17) is 0 Å². The Morgan fingerprint density at radius 1 is 0.789 bits per heavy atom. The van der Waals surface area contributed by atoms with Crippen LogP contribution in [0.25, 0.3) is 0 Å². The van der Waals surface area contributed by atoms with Crippen molar-refractivity contribution in [1.29, 1.82) is 0 Å². The summed E-state index contributed by atoms with van der Waals surface area (Å²) in [5, 5.41) is 0. The van der Waals surface area contributed by atoms with E-state index in [0.29, 0.717) is 6.42 Å². The molecule has 0 saturated carbocycles. The first-order valence-electron chi connectivity index (χ1n) is 6.36. The Morgan fingerprint density at radius 3 is 1.74 bits per heavy atom. The Morgan fingerprint density at radius 2 is 1.32 bits per heavy atom. The zero-order chi connectivity index (χ0) is 15.1. The Kier molecular flexibility index (Phi) is 8.70. The molecule has 0 fully saturated rings. The van der Waals surface area contributed by atoms with Crippen molar-refractivity contribution in [3.8, 4) is 0 Å². The van der Waals surface area contributed by atoms with Gasteiger partial charge in [-0.1, -0.05) is 55.2 Å². The van der Waals surface area contributed by atoms with Crippen molar-refractivity contribution in [2.24, 2.45) is 5.92 Å². The largest absolute Gasteiger partial charge is 0.400 e. The van der Waals surface area contributed by atoms with Crippen LogP contribution in [0.15, 0.2) is 0 Å². The summed E-state index contributed by atoms with van der Waals surface area (Å²) in [6.07, 6.45) is -6.67. The van der Waals surface area contributed by atoms with E-state index >= 15 is 0 Å². The number of alkyl halides is 7. The van der Waals surface area contributed by atoms with Crippen molar-refractivity contribution in [2.75, 3.05) is 0 Å². The zero-order valence-corrected chi connectivity index (χ0v) is 12.9. The van der Waals surface area contributed by atoms with Gasteiger partial charge in [0.15, 0.2) is 5.92 Å². The van der Waals surface area contributed by atoms with Gasteiger partial charge in [0.05, 0.1) is 0 Å². The van der Waals surface area contributed by atoms with E-state index in [-0.39, 0.29) is 10.3 Å². The summed E-state index contributed by atoms with van der Waals surface area (Å²) < 4.78 is 73.7. The Balaban J connectivity index is 4.12. The minimum Gasteiger partial charge on any atom is -0.170 e. The maximum Gasteiger partial charge on any atom is 0.400 e. The summed E-state index contributed by atoms with van der Waals surface area (Å²) in [5.41, 5.74) is 0. The number of halogens is 7. The molecule has 0 radical (unpaired) electrons. The molecule has 0 amide bonds. The summed E-state index contributed by atoms with van der Waals surface area (Å²) in [6.45, 7) is 2.04. The molecule has 0 aromatic rings. The third-order valence-electron chi connectivity index (χ3n) is 2.93. The van der Waals surface area contributed by atoms with Gasteiger partial charge in [0, 0.05) is 3.92 Å². The molecule has 116 valence electrons. The first kappa shape index (κ1) is 19.3. The normalized spacial score (nSPS) is 15.0. The number of rotatable bonds is 8. The molecule has 0 aliphatic heterocycles. The van der Waals surface area contributed by atoms with Gasteiger partial charge in [0.25, 0.3) is 0 Å². The van der Waals surface area contributed by atoms with Gasteiger partial charge >= 0.3 is 12.4 Å². The molecule has 0 bridgehead atoms. The fraction of sp³-hybridized carbons (Fsp3) is 1.00. The van der Waals surface area contributed by atoms with Crippen LogP contribution in [0.4, 0.5) is 26.3 Å². The van der Waals surface area contributed by atoms with Crippen LogP contribution in [-0.4, -0.2) is 16.3 Å². The summed E-state index contributed by atoms with van der Waals surface area (Å²) in [7, 11) is 0. The molecule has 0 aliphatic carbocycles. The molecular weight excluding hydrogens is 385 g/mol. The lowest BCUT2D eigenvalue weighted by Gasteiger charge is -2.23. The van der Waals surface area contributed by atoms with Gasteiger partial charge in [-0.05, 0) is 19.3 Å². The molecule has 19 heavy (non-hydrogen) atoms. The van der Waals surface area contributed by atoms with Crippen molar-refractivity contribution in [3.63, 3.8) is 0 Å². The SMILES string of the molecule is CCCCCCC(I)CCC(C(F)(F)F)C(F)(F)F. The van der Waals surface area contributed by atoms with Gasteiger partial charge in [-0.15, -0.1) is 0 Å². The van der Waals surface area contributed by atoms with Crippen LogP contribution in [0.2, 0.25) is 0 Å². The van der Waals surface area contributed by atoms with Gasteiger partial charge in [-0.2, -0.15) is 26.3 Å². The van der Waals surface area contributed by atoms with Crippen LogP contribution < -0.4 is 0 Å². The van der Waals surface area contributed by atoms with Gasteiger partial charge < -0.3 is 0 Å². The quantitative estimate of drug-likeness (QED) is 0.193. The van der Waals surface area contributed by atoms with E-state index in [1.807, 2.05) is 29.5 Å². The van der Waals surface area contributed by atoms with Gasteiger partial charge in [-0.3, -0.25) is 0 Å². The van der Waals surface area contributed by atoms with Crippen molar-refractivity contribution in [2.45, 2.75) is 68.1 Å². The van der Waals surface area contributed by atoms with Crippen molar-refractivity contribution < 1.29 is 26.3 Å². The standard InChI is InChI=1S/C12H19F6I/c1-2-3-4-5-6-9(19)7-8-10(11(13,14)15)12(16,17)18/h9-10H,2-8H2,1H3. The lowest BCUT2D eigenvalue weighted by molar-refractivity contribution is -0.285. The van der Waals surface area contributed by atoms with E-state index in [1.54, 1.807) is 0 Å². The molecule has 0 heterocycles. The fourth-order valence-electron chi connectivity index (χ4n) is 1.80. The molecular formula is C12H19F6I. The minimum atomic E-state index is -5.20. The second-order valence-corrected chi connectivity index (χ2v) is 6.42. The van der Waals surface area contributed by atoms with Gasteiger partial charge in [-0.25, -0.2) is 0 Å². The highest BCUT2D eigenvalue weighted by Crippen LogP contribution is 2.42. The second-order valence-electron chi connectivity index (χ2n) is 4.66. The molecule has 7 heteroatoms. The molecule has 0 aliphatic rings. The smallest absolute Gasteiger partial charge is 0.170 e. The van der Waals surface area contributed by atoms with E-state index in [2.05, 4.69) is 0 Å². The summed E-state index contributed by atoms with van der Waals surface area (Å²) in [6, 6.07) is 0. The molecule has 0 nitrogen and oxygen atoms in total. The molecule has 0 rings (SSSR count). The first-order valence-corrected chi connectivity index (χ1v) is 7.61. The van der Waals surface area contributed by atoms with Crippen LogP contribution >= 0.6 is 22.6 Å². The maximum atomic E-state index is 12.3. The summed E-state index contributed by atoms with van der Waals surface area (Å²) >= 11 is 1.95. The number of unbranched alkanes of at least 4 members (excludes halogenated alkanes) is 3. The van der Waals surface area contributed by atoms with Crippen LogP contribution in [-0.2, 0) is 0 Å². The lowest BCUT2D eigenvalue weighted by Crippen LogP contribution is -2.36. The molecule has 1 unspecified atom stereocenters. The monoisotopic (exact) mass is 404 g/mol. The summed E-state index contributed by atoms with van der Waals surface area (Å²) in [5.74, 6) is -3.19. The Bertz CT molecular complexity index is 221. The Labute approximate surface area is 123 Å². The first-order chi connectivity index (χ1) is 8.59. The maximum absolute atomic E-state index is 12.3. The Hall–Kier alpha value is 0.310. The average molecular weight is 404 g/mol. The molecule has 0 saturated heterocycles. The molecule has 0 N–H and O–H groups in total. The van der Waals surface area contributed by atoms with Crippen molar-refractivity contribution >= 4 is 22.6 Å². The van der Waals surface area contributed by atoms with E-state index in [1.165, 1.54) is 0 Å². The highest BCUT2D eigenvalue weighted by molar-refractivity contribution is 14.1. The number of hydrogen-bond donors (Lipinski definition) is 0.